The van der Waals surface area contributed by atoms with Crippen LogP contribution in [0.3, 0.4) is 0 Å². The number of halogens is 1. The number of hydrogen-bond donors (Lipinski definition) is 2. The SMILES string of the molecule is O=C(c1cc(S(=O)(=O)NCc2nc(-c3ccc(Cl)cc3)no2)c[nH]1)N1CCCC1. The van der Waals surface area contributed by atoms with E-state index in [4.69, 9.17) is 16.1 Å². The zero-order valence-electron chi connectivity index (χ0n) is 15.3. The maximum atomic E-state index is 12.5. The molecule has 1 aromatic carbocycles. The van der Waals surface area contributed by atoms with Gasteiger partial charge in [-0.2, -0.15) is 4.98 Å². The zero-order chi connectivity index (χ0) is 20.4. The predicted octanol–water partition coefficient (Wildman–Crippen LogP) is 2.43. The van der Waals surface area contributed by atoms with E-state index in [1.807, 2.05) is 0 Å². The summed E-state index contributed by atoms with van der Waals surface area (Å²) >= 11 is 5.85. The summed E-state index contributed by atoms with van der Waals surface area (Å²) in [5.74, 6) is 0.242. The van der Waals surface area contributed by atoms with Crippen molar-refractivity contribution in [2.24, 2.45) is 0 Å². The number of aromatic amines is 1. The minimum Gasteiger partial charge on any atom is -0.356 e. The Morgan fingerprint density at radius 3 is 2.69 bits per heavy atom. The topological polar surface area (TPSA) is 121 Å². The smallest absolute Gasteiger partial charge is 0.270 e. The average molecular weight is 436 g/mol. The van der Waals surface area contributed by atoms with Gasteiger partial charge in [0.25, 0.3) is 5.91 Å². The molecule has 2 aromatic heterocycles. The van der Waals surface area contributed by atoms with Gasteiger partial charge >= 0.3 is 0 Å². The molecule has 0 spiro atoms. The average Bonchev–Trinajstić information content (AvgIpc) is 3.48. The van der Waals surface area contributed by atoms with E-state index >= 15 is 0 Å². The molecule has 2 N–H and O–H groups in total. The van der Waals surface area contributed by atoms with Crippen molar-refractivity contribution in [1.29, 1.82) is 0 Å². The number of benzene rings is 1. The van der Waals surface area contributed by atoms with Gasteiger partial charge in [0, 0.05) is 29.9 Å². The third kappa shape index (κ3) is 4.34. The predicted molar refractivity (Wildman–Crippen MR) is 105 cm³/mol. The summed E-state index contributed by atoms with van der Waals surface area (Å²) in [6, 6.07) is 8.20. The molecule has 1 aliphatic rings. The first-order chi connectivity index (χ1) is 13.9. The molecule has 152 valence electrons. The number of hydrogen-bond acceptors (Lipinski definition) is 6. The monoisotopic (exact) mass is 435 g/mol. The molecule has 3 aromatic rings. The van der Waals surface area contributed by atoms with Crippen molar-refractivity contribution in [1.82, 2.24) is 24.7 Å². The van der Waals surface area contributed by atoms with E-state index in [0.29, 0.717) is 29.5 Å². The van der Waals surface area contributed by atoms with Crippen molar-refractivity contribution in [3.8, 4) is 11.4 Å². The molecule has 1 fully saturated rings. The second kappa shape index (κ2) is 7.97. The van der Waals surface area contributed by atoms with Gasteiger partial charge in [0.2, 0.25) is 21.7 Å². The van der Waals surface area contributed by atoms with Crippen LogP contribution < -0.4 is 4.72 Å². The third-order valence-corrected chi connectivity index (χ3v) is 6.21. The highest BCUT2D eigenvalue weighted by molar-refractivity contribution is 7.89. The van der Waals surface area contributed by atoms with Gasteiger partial charge in [0.1, 0.15) is 10.6 Å². The summed E-state index contributed by atoms with van der Waals surface area (Å²) in [4.78, 5) is 21.0. The molecular formula is C18H18ClN5O4S. The van der Waals surface area contributed by atoms with Gasteiger partial charge in [-0.15, -0.1) is 0 Å². The number of H-pyrrole nitrogens is 1. The molecule has 11 heteroatoms. The van der Waals surface area contributed by atoms with Crippen LogP contribution in [-0.4, -0.2) is 47.4 Å². The van der Waals surface area contributed by atoms with Crippen LogP contribution in [0.15, 0.2) is 45.9 Å². The molecule has 4 rings (SSSR count). The highest BCUT2D eigenvalue weighted by Gasteiger charge is 2.24. The number of carbonyl (C=O) groups excluding carboxylic acids is 1. The van der Waals surface area contributed by atoms with Crippen molar-refractivity contribution < 1.29 is 17.7 Å². The number of amides is 1. The molecule has 0 radical (unpaired) electrons. The number of likely N-dealkylation sites (tertiary alicyclic amines) is 1. The minimum absolute atomic E-state index is 0.0301. The Kier molecular flexibility index (Phi) is 5.39. The Hall–Kier alpha value is -2.69. The van der Waals surface area contributed by atoms with Gasteiger partial charge in [-0.05, 0) is 43.2 Å². The molecule has 1 aliphatic heterocycles. The number of aromatic nitrogens is 3. The molecule has 0 unspecified atom stereocenters. The van der Waals surface area contributed by atoms with E-state index in [0.717, 1.165) is 12.8 Å². The second-order valence-corrected chi connectivity index (χ2v) is 8.79. The highest BCUT2D eigenvalue weighted by atomic mass is 35.5. The fourth-order valence-corrected chi connectivity index (χ4v) is 4.12. The van der Waals surface area contributed by atoms with E-state index in [2.05, 4.69) is 19.8 Å². The van der Waals surface area contributed by atoms with E-state index in [9.17, 15) is 13.2 Å². The molecule has 0 aliphatic carbocycles. The lowest BCUT2D eigenvalue weighted by molar-refractivity contribution is 0.0787. The van der Waals surface area contributed by atoms with E-state index in [1.54, 1.807) is 29.2 Å². The summed E-state index contributed by atoms with van der Waals surface area (Å²) in [7, 11) is -3.85. The van der Waals surface area contributed by atoms with E-state index < -0.39 is 10.0 Å². The molecule has 9 nitrogen and oxygen atoms in total. The first kappa shape index (κ1) is 19.6. The Labute approximate surface area is 172 Å². The lowest BCUT2D eigenvalue weighted by Crippen LogP contribution is -2.27. The first-order valence-corrected chi connectivity index (χ1v) is 10.8. The third-order valence-electron chi connectivity index (χ3n) is 4.57. The maximum absolute atomic E-state index is 12.5. The molecule has 3 heterocycles. The molecule has 0 atom stereocenters. The maximum Gasteiger partial charge on any atom is 0.270 e. The molecule has 1 amide bonds. The number of carbonyl (C=O) groups is 1. The summed E-state index contributed by atoms with van der Waals surface area (Å²) in [5, 5.41) is 4.42. The van der Waals surface area contributed by atoms with Gasteiger partial charge < -0.3 is 14.4 Å². The van der Waals surface area contributed by atoms with Crippen molar-refractivity contribution >= 4 is 27.5 Å². The minimum atomic E-state index is -3.85. The molecule has 29 heavy (non-hydrogen) atoms. The van der Waals surface area contributed by atoms with Gasteiger partial charge in [-0.1, -0.05) is 16.8 Å². The lowest BCUT2D eigenvalue weighted by Gasteiger charge is -2.13. The molecule has 1 saturated heterocycles. The summed E-state index contributed by atoms with van der Waals surface area (Å²) in [6.07, 6.45) is 3.21. The van der Waals surface area contributed by atoms with Gasteiger partial charge in [-0.3, -0.25) is 4.79 Å². The van der Waals surface area contributed by atoms with Crippen molar-refractivity contribution in [3.63, 3.8) is 0 Å². The zero-order valence-corrected chi connectivity index (χ0v) is 16.8. The van der Waals surface area contributed by atoms with Crippen LogP contribution in [0.4, 0.5) is 0 Å². The quantitative estimate of drug-likeness (QED) is 0.613. The van der Waals surface area contributed by atoms with Crippen LogP contribution in [0.5, 0.6) is 0 Å². The summed E-state index contributed by atoms with van der Waals surface area (Å²) in [5.41, 5.74) is 0.943. The Morgan fingerprint density at radius 2 is 1.97 bits per heavy atom. The summed E-state index contributed by atoms with van der Waals surface area (Å²) < 4.78 is 32.5. The van der Waals surface area contributed by atoms with Crippen LogP contribution in [0.2, 0.25) is 5.02 Å². The Morgan fingerprint density at radius 1 is 1.24 bits per heavy atom. The first-order valence-electron chi connectivity index (χ1n) is 8.98. The van der Waals surface area contributed by atoms with Crippen LogP contribution in [0.1, 0.15) is 29.2 Å². The summed E-state index contributed by atoms with van der Waals surface area (Å²) in [6.45, 7) is 1.19. The normalized spacial score (nSPS) is 14.4. The van der Waals surface area contributed by atoms with Crippen molar-refractivity contribution in [2.45, 2.75) is 24.3 Å². The largest absolute Gasteiger partial charge is 0.356 e. The van der Waals surface area contributed by atoms with E-state index in [1.165, 1.54) is 12.3 Å². The molecule has 0 bridgehead atoms. The molecular weight excluding hydrogens is 418 g/mol. The standard InChI is InChI=1S/C18H18ClN5O4S/c19-13-5-3-12(4-6-13)17-22-16(28-23-17)11-21-29(26,27)14-9-15(20-10-14)18(25)24-7-1-2-8-24/h3-6,9-10,20-21H,1-2,7-8,11H2. The van der Waals surface area contributed by atoms with Crippen LogP contribution >= 0.6 is 11.6 Å². The fraction of sp³-hybridized carbons (Fsp3) is 0.278. The van der Waals surface area contributed by atoms with Gasteiger partial charge in [0.05, 0.1) is 6.54 Å². The van der Waals surface area contributed by atoms with Crippen molar-refractivity contribution in [2.75, 3.05) is 13.1 Å². The second-order valence-electron chi connectivity index (χ2n) is 6.59. The van der Waals surface area contributed by atoms with Crippen LogP contribution in [-0.2, 0) is 16.6 Å². The number of nitrogens with zero attached hydrogens (tertiary/aromatic N) is 3. The number of nitrogens with one attached hydrogen (secondary N) is 2. The lowest BCUT2D eigenvalue weighted by atomic mass is 10.2. The van der Waals surface area contributed by atoms with E-state index in [-0.39, 0.29) is 28.9 Å². The Bertz CT molecular complexity index is 1120. The van der Waals surface area contributed by atoms with Crippen molar-refractivity contribution in [3.05, 3.63) is 53.1 Å². The number of rotatable bonds is 6. The van der Waals surface area contributed by atoms with Gasteiger partial charge in [0.15, 0.2) is 0 Å². The Balaban J connectivity index is 1.42. The van der Waals surface area contributed by atoms with Crippen LogP contribution in [0, 0.1) is 0 Å². The highest BCUT2D eigenvalue weighted by Crippen LogP contribution is 2.19. The molecule has 0 saturated carbocycles. The number of sulfonamides is 1. The van der Waals surface area contributed by atoms with Crippen LogP contribution in [0.25, 0.3) is 11.4 Å². The fourth-order valence-electron chi connectivity index (χ4n) is 3.03. The van der Waals surface area contributed by atoms with Gasteiger partial charge in [-0.25, -0.2) is 13.1 Å².